The number of benzene rings is 1. The minimum Gasteiger partial charge on any atom is -0.377 e. The molecule has 0 saturated carbocycles. The number of likely N-dealkylation sites (tertiary alicyclic amines) is 1. The molecule has 2 heterocycles. The van der Waals surface area contributed by atoms with Crippen molar-refractivity contribution in [2.45, 2.75) is 57.8 Å². The quantitative estimate of drug-likeness (QED) is 0.229. The molecule has 164 valence electrons. The fourth-order valence-electron chi connectivity index (χ4n) is 3.97. The summed E-state index contributed by atoms with van der Waals surface area (Å²) in [7, 11) is 0. The predicted octanol–water partition coefficient (Wildman–Crippen LogP) is 3.02. The van der Waals surface area contributed by atoms with Gasteiger partial charge in [0, 0.05) is 38.3 Å². The predicted molar refractivity (Wildman–Crippen MR) is 129 cm³/mol. The molecule has 0 aliphatic carbocycles. The van der Waals surface area contributed by atoms with Gasteiger partial charge in [0.05, 0.1) is 25.9 Å². The highest BCUT2D eigenvalue weighted by molar-refractivity contribution is 14.0. The van der Waals surface area contributed by atoms with E-state index in [0.717, 1.165) is 51.5 Å². The third-order valence-electron chi connectivity index (χ3n) is 5.45. The Balaban J connectivity index is 0.00000300. The van der Waals surface area contributed by atoms with E-state index in [9.17, 15) is 0 Å². The van der Waals surface area contributed by atoms with Gasteiger partial charge in [-0.2, -0.15) is 0 Å². The summed E-state index contributed by atoms with van der Waals surface area (Å²) in [5.74, 6) is 0.891. The Morgan fingerprint density at radius 1 is 1.31 bits per heavy atom. The Kier molecular flexibility index (Phi) is 11.3. The largest absolute Gasteiger partial charge is 0.377 e. The molecule has 2 aliphatic heterocycles. The van der Waals surface area contributed by atoms with Crippen molar-refractivity contribution in [2.24, 2.45) is 4.99 Å². The summed E-state index contributed by atoms with van der Waals surface area (Å²) < 4.78 is 11.3. The number of rotatable bonds is 9. The number of guanidine groups is 1. The lowest BCUT2D eigenvalue weighted by Crippen LogP contribution is -2.44. The smallest absolute Gasteiger partial charge is 0.191 e. The zero-order chi connectivity index (χ0) is 19.6. The van der Waals surface area contributed by atoms with E-state index in [-0.39, 0.29) is 30.1 Å². The summed E-state index contributed by atoms with van der Waals surface area (Å²) in [6.07, 6.45) is 3.69. The first-order valence-electron chi connectivity index (χ1n) is 10.8. The van der Waals surface area contributed by atoms with Crippen LogP contribution in [0.5, 0.6) is 0 Å². The molecule has 3 atom stereocenters. The molecule has 0 spiro atoms. The number of nitrogens with one attached hydrogen (secondary N) is 2. The highest BCUT2D eigenvalue weighted by Gasteiger charge is 2.29. The first kappa shape index (κ1) is 24.4. The van der Waals surface area contributed by atoms with Crippen LogP contribution in [0.2, 0.25) is 0 Å². The Morgan fingerprint density at radius 2 is 2.14 bits per heavy atom. The molecular formula is C22H37IN4O2. The van der Waals surface area contributed by atoms with Gasteiger partial charge in [-0.3, -0.25) is 9.89 Å². The Morgan fingerprint density at radius 3 is 2.86 bits per heavy atom. The normalized spacial score (nSPS) is 25.0. The van der Waals surface area contributed by atoms with Crippen molar-refractivity contribution in [1.29, 1.82) is 0 Å². The monoisotopic (exact) mass is 516 g/mol. The van der Waals surface area contributed by atoms with E-state index in [1.165, 1.54) is 5.56 Å². The van der Waals surface area contributed by atoms with E-state index in [4.69, 9.17) is 9.47 Å². The topological polar surface area (TPSA) is 58.1 Å². The SMILES string of the molecule is CCNC(=NCCOCC1CCCO1)NC1CC(C)N(Cc2ccccc2)C1.I. The average Bonchev–Trinajstić information content (AvgIpc) is 3.32. The molecule has 0 radical (unpaired) electrons. The highest BCUT2D eigenvalue weighted by Crippen LogP contribution is 2.20. The van der Waals surface area contributed by atoms with Gasteiger partial charge in [0.2, 0.25) is 0 Å². The number of ether oxygens (including phenoxy) is 2. The van der Waals surface area contributed by atoms with Crippen LogP contribution in [0.1, 0.15) is 38.7 Å². The molecule has 1 aromatic carbocycles. The van der Waals surface area contributed by atoms with Crippen molar-refractivity contribution in [3.05, 3.63) is 35.9 Å². The van der Waals surface area contributed by atoms with Crippen molar-refractivity contribution in [1.82, 2.24) is 15.5 Å². The van der Waals surface area contributed by atoms with Gasteiger partial charge in [0.25, 0.3) is 0 Å². The lowest BCUT2D eigenvalue weighted by molar-refractivity contribution is 0.0200. The van der Waals surface area contributed by atoms with Gasteiger partial charge >= 0.3 is 0 Å². The number of hydrogen-bond donors (Lipinski definition) is 2. The van der Waals surface area contributed by atoms with Gasteiger partial charge in [0.1, 0.15) is 0 Å². The van der Waals surface area contributed by atoms with Crippen LogP contribution in [-0.2, 0) is 16.0 Å². The molecular weight excluding hydrogens is 479 g/mol. The van der Waals surface area contributed by atoms with Crippen LogP contribution in [0.4, 0.5) is 0 Å². The molecule has 3 rings (SSSR count). The zero-order valence-electron chi connectivity index (χ0n) is 17.8. The molecule has 2 saturated heterocycles. The van der Waals surface area contributed by atoms with Crippen molar-refractivity contribution in [3.63, 3.8) is 0 Å². The fraction of sp³-hybridized carbons (Fsp3) is 0.682. The molecule has 3 unspecified atom stereocenters. The van der Waals surface area contributed by atoms with E-state index >= 15 is 0 Å². The van der Waals surface area contributed by atoms with Crippen LogP contribution in [-0.4, -0.2) is 68.5 Å². The highest BCUT2D eigenvalue weighted by atomic mass is 127. The van der Waals surface area contributed by atoms with Gasteiger partial charge in [-0.25, -0.2) is 0 Å². The summed E-state index contributed by atoms with van der Waals surface area (Å²) in [6.45, 7) is 10.2. The third kappa shape index (κ3) is 8.39. The first-order chi connectivity index (χ1) is 13.7. The second kappa shape index (κ2) is 13.4. The van der Waals surface area contributed by atoms with Crippen LogP contribution in [0.3, 0.4) is 0 Å². The van der Waals surface area contributed by atoms with Crippen molar-refractivity contribution in [3.8, 4) is 0 Å². The van der Waals surface area contributed by atoms with Gasteiger partial charge in [-0.05, 0) is 38.7 Å². The second-order valence-electron chi connectivity index (χ2n) is 7.81. The Hall–Kier alpha value is -0.900. The maximum Gasteiger partial charge on any atom is 0.191 e. The zero-order valence-corrected chi connectivity index (χ0v) is 20.1. The van der Waals surface area contributed by atoms with Crippen molar-refractivity contribution >= 4 is 29.9 Å². The molecule has 7 heteroatoms. The van der Waals surface area contributed by atoms with Crippen LogP contribution in [0.15, 0.2) is 35.3 Å². The molecule has 0 bridgehead atoms. The van der Waals surface area contributed by atoms with Gasteiger partial charge in [0.15, 0.2) is 5.96 Å². The summed E-state index contributed by atoms with van der Waals surface area (Å²) in [5.41, 5.74) is 1.37. The standard InChI is InChI=1S/C22H36N4O2.HI/c1-3-23-22(24-11-13-27-17-21-10-7-12-28-21)25-20-14-18(2)26(16-20)15-19-8-5-4-6-9-19;/h4-6,8-9,18,20-21H,3,7,10-17H2,1-2H3,(H2,23,24,25);1H. The Bertz CT molecular complexity index is 596. The average molecular weight is 516 g/mol. The number of halogens is 1. The molecule has 1 aromatic rings. The Labute approximate surface area is 192 Å². The van der Waals surface area contributed by atoms with Crippen LogP contribution in [0, 0.1) is 0 Å². The number of aliphatic imine (C=N–C) groups is 1. The molecule has 2 fully saturated rings. The minimum atomic E-state index is 0. The van der Waals surface area contributed by atoms with E-state index in [0.29, 0.717) is 31.8 Å². The summed E-state index contributed by atoms with van der Waals surface area (Å²) in [5, 5.41) is 6.97. The second-order valence-corrected chi connectivity index (χ2v) is 7.81. The molecule has 0 aromatic heterocycles. The number of nitrogens with zero attached hydrogens (tertiary/aromatic N) is 2. The van der Waals surface area contributed by atoms with Crippen LogP contribution >= 0.6 is 24.0 Å². The lowest BCUT2D eigenvalue weighted by atomic mass is 10.2. The molecule has 29 heavy (non-hydrogen) atoms. The van der Waals surface area contributed by atoms with Crippen molar-refractivity contribution < 1.29 is 9.47 Å². The van der Waals surface area contributed by atoms with Crippen LogP contribution in [0.25, 0.3) is 0 Å². The third-order valence-corrected chi connectivity index (χ3v) is 5.45. The minimum absolute atomic E-state index is 0. The summed E-state index contributed by atoms with van der Waals surface area (Å²) in [6, 6.07) is 11.7. The fourth-order valence-corrected chi connectivity index (χ4v) is 3.97. The van der Waals surface area contributed by atoms with E-state index in [2.05, 4.69) is 64.7 Å². The van der Waals surface area contributed by atoms with Crippen LogP contribution < -0.4 is 10.6 Å². The first-order valence-corrected chi connectivity index (χ1v) is 10.8. The summed E-state index contributed by atoms with van der Waals surface area (Å²) in [4.78, 5) is 7.23. The van der Waals surface area contributed by atoms with E-state index in [1.54, 1.807) is 0 Å². The van der Waals surface area contributed by atoms with Gasteiger partial charge < -0.3 is 20.1 Å². The number of hydrogen-bond acceptors (Lipinski definition) is 4. The lowest BCUT2D eigenvalue weighted by Gasteiger charge is -2.21. The molecule has 2 N–H and O–H groups in total. The van der Waals surface area contributed by atoms with E-state index in [1.807, 2.05) is 0 Å². The van der Waals surface area contributed by atoms with Crippen molar-refractivity contribution in [2.75, 3.05) is 39.5 Å². The molecule has 0 amide bonds. The maximum atomic E-state index is 5.72. The summed E-state index contributed by atoms with van der Waals surface area (Å²) >= 11 is 0. The molecule has 2 aliphatic rings. The van der Waals surface area contributed by atoms with Gasteiger partial charge in [-0.15, -0.1) is 24.0 Å². The van der Waals surface area contributed by atoms with E-state index < -0.39 is 0 Å². The molecule has 6 nitrogen and oxygen atoms in total. The van der Waals surface area contributed by atoms with Gasteiger partial charge in [-0.1, -0.05) is 30.3 Å². The maximum absolute atomic E-state index is 5.72.